The molecule has 0 radical (unpaired) electrons. The number of ether oxygens (including phenoxy) is 1. The molecule has 132 valence electrons. The molecule has 0 spiro atoms. The number of anilines is 1. The third kappa shape index (κ3) is 5.64. The number of nitrogens with one attached hydrogen (secondary N) is 1. The largest absolute Gasteiger partial charge is 0.497 e. The van der Waals surface area contributed by atoms with Crippen LogP contribution in [0.15, 0.2) is 48.5 Å². The van der Waals surface area contributed by atoms with Gasteiger partial charge >= 0.3 is 0 Å². The van der Waals surface area contributed by atoms with Gasteiger partial charge in [0.15, 0.2) is 0 Å². The number of carbonyl (C=O) groups is 2. The quantitative estimate of drug-likeness (QED) is 0.843. The summed E-state index contributed by atoms with van der Waals surface area (Å²) in [6, 6.07) is 15.3. The summed E-state index contributed by atoms with van der Waals surface area (Å²) < 4.78 is 5.12. The van der Waals surface area contributed by atoms with Gasteiger partial charge in [0.05, 0.1) is 13.5 Å². The zero-order valence-corrected chi connectivity index (χ0v) is 14.9. The van der Waals surface area contributed by atoms with Crippen LogP contribution in [0.1, 0.15) is 18.1 Å². The lowest BCUT2D eigenvalue weighted by Gasteiger charge is -2.15. The summed E-state index contributed by atoms with van der Waals surface area (Å²) >= 11 is 0. The smallest absolute Gasteiger partial charge is 0.224 e. The summed E-state index contributed by atoms with van der Waals surface area (Å²) in [4.78, 5) is 24.9. The minimum atomic E-state index is -0.0241. The van der Waals surface area contributed by atoms with E-state index in [9.17, 15) is 9.59 Å². The topological polar surface area (TPSA) is 58.6 Å². The number of hydrogen-bond donors (Lipinski definition) is 1. The monoisotopic (exact) mass is 340 g/mol. The van der Waals surface area contributed by atoms with Crippen molar-refractivity contribution < 1.29 is 14.3 Å². The van der Waals surface area contributed by atoms with Crippen molar-refractivity contribution in [3.05, 3.63) is 59.7 Å². The Morgan fingerprint density at radius 1 is 1.00 bits per heavy atom. The van der Waals surface area contributed by atoms with E-state index in [1.165, 1.54) is 6.92 Å². The van der Waals surface area contributed by atoms with Crippen molar-refractivity contribution >= 4 is 17.5 Å². The van der Waals surface area contributed by atoms with Gasteiger partial charge in [0.1, 0.15) is 5.75 Å². The Morgan fingerprint density at radius 2 is 1.60 bits per heavy atom. The number of benzene rings is 2. The van der Waals surface area contributed by atoms with E-state index in [4.69, 9.17) is 4.74 Å². The zero-order chi connectivity index (χ0) is 18.2. The maximum atomic E-state index is 12.0. The first-order valence-corrected chi connectivity index (χ1v) is 8.22. The van der Waals surface area contributed by atoms with Gasteiger partial charge in [0.25, 0.3) is 0 Å². The summed E-state index contributed by atoms with van der Waals surface area (Å²) in [7, 11) is 3.36. The molecule has 1 N–H and O–H groups in total. The Labute approximate surface area is 148 Å². The molecule has 5 nitrogen and oxygen atoms in total. The van der Waals surface area contributed by atoms with E-state index >= 15 is 0 Å². The molecule has 2 aromatic carbocycles. The summed E-state index contributed by atoms with van der Waals surface area (Å²) in [5.41, 5.74) is 2.89. The number of amides is 2. The first-order valence-electron chi connectivity index (χ1n) is 8.22. The van der Waals surface area contributed by atoms with Crippen LogP contribution in [-0.4, -0.2) is 32.5 Å². The highest BCUT2D eigenvalue weighted by Crippen LogP contribution is 2.14. The molecule has 0 saturated carbocycles. The number of methoxy groups -OCH3 is 1. The SMILES string of the molecule is COc1ccc(CCNC(=O)Cc2ccc(N(C)C(C)=O)cc2)cc1. The zero-order valence-electron chi connectivity index (χ0n) is 14.9. The van der Waals surface area contributed by atoms with Gasteiger partial charge < -0.3 is 15.0 Å². The number of hydrogen-bond acceptors (Lipinski definition) is 3. The summed E-state index contributed by atoms with van der Waals surface area (Å²) in [6.45, 7) is 2.11. The third-order valence-corrected chi connectivity index (χ3v) is 4.06. The molecule has 0 saturated heterocycles. The molecule has 0 fully saturated rings. The first kappa shape index (κ1) is 18.5. The van der Waals surface area contributed by atoms with Crippen molar-refractivity contribution in [1.29, 1.82) is 0 Å². The highest BCUT2D eigenvalue weighted by Gasteiger charge is 2.07. The van der Waals surface area contributed by atoms with E-state index in [-0.39, 0.29) is 11.8 Å². The predicted octanol–water partition coefficient (Wildman–Crippen LogP) is 2.58. The fourth-order valence-corrected chi connectivity index (χ4v) is 2.41. The van der Waals surface area contributed by atoms with Gasteiger partial charge in [-0.3, -0.25) is 9.59 Å². The molecule has 2 rings (SSSR count). The van der Waals surface area contributed by atoms with Crippen LogP contribution in [0.5, 0.6) is 5.75 Å². The van der Waals surface area contributed by atoms with Gasteiger partial charge in [0, 0.05) is 26.2 Å². The third-order valence-electron chi connectivity index (χ3n) is 4.06. The molecule has 0 bridgehead atoms. The lowest BCUT2D eigenvalue weighted by molar-refractivity contribution is -0.120. The fourth-order valence-electron chi connectivity index (χ4n) is 2.41. The van der Waals surface area contributed by atoms with Crippen LogP contribution in [0.4, 0.5) is 5.69 Å². The highest BCUT2D eigenvalue weighted by molar-refractivity contribution is 5.90. The summed E-state index contributed by atoms with van der Waals surface area (Å²) in [5, 5.41) is 2.93. The normalized spacial score (nSPS) is 10.2. The average Bonchev–Trinajstić information content (AvgIpc) is 2.62. The number of carbonyl (C=O) groups excluding carboxylic acids is 2. The van der Waals surface area contributed by atoms with Crippen LogP contribution in [0.3, 0.4) is 0 Å². The molecule has 2 aromatic rings. The molecule has 0 heterocycles. The van der Waals surface area contributed by atoms with E-state index in [1.807, 2.05) is 48.5 Å². The van der Waals surface area contributed by atoms with E-state index in [1.54, 1.807) is 19.1 Å². The van der Waals surface area contributed by atoms with Crippen molar-refractivity contribution in [2.75, 3.05) is 25.6 Å². The Hall–Kier alpha value is -2.82. The summed E-state index contributed by atoms with van der Waals surface area (Å²) in [6.07, 6.45) is 1.10. The molecule has 2 amide bonds. The molecule has 0 aliphatic carbocycles. The van der Waals surface area contributed by atoms with Gasteiger partial charge in [-0.15, -0.1) is 0 Å². The first-order chi connectivity index (χ1) is 12.0. The van der Waals surface area contributed by atoms with Gasteiger partial charge in [-0.05, 0) is 41.8 Å². The van der Waals surface area contributed by atoms with Crippen molar-refractivity contribution in [3.63, 3.8) is 0 Å². The lowest BCUT2D eigenvalue weighted by Crippen LogP contribution is -2.27. The van der Waals surface area contributed by atoms with Crippen LogP contribution in [0.25, 0.3) is 0 Å². The predicted molar refractivity (Wildman–Crippen MR) is 98.9 cm³/mol. The molecule has 0 unspecified atom stereocenters. The van der Waals surface area contributed by atoms with Crippen LogP contribution < -0.4 is 15.0 Å². The van der Waals surface area contributed by atoms with Gasteiger partial charge in [-0.25, -0.2) is 0 Å². The van der Waals surface area contributed by atoms with Crippen LogP contribution in [0, 0.1) is 0 Å². The fraction of sp³-hybridized carbons (Fsp3) is 0.300. The van der Waals surface area contributed by atoms with E-state index < -0.39 is 0 Å². The van der Waals surface area contributed by atoms with Crippen LogP contribution in [-0.2, 0) is 22.4 Å². The lowest BCUT2D eigenvalue weighted by atomic mass is 10.1. The van der Waals surface area contributed by atoms with Crippen molar-refractivity contribution in [2.45, 2.75) is 19.8 Å². The molecule has 0 aliphatic rings. The van der Waals surface area contributed by atoms with Crippen LogP contribution >= 0.6 is 0 Å². The maximum Gasteiger partial charge on any atom is 0.224 e. The number of nitrogens with zero attached hydrogens (tertiary/aromatic N) is 1. The standard InChI is InChI=1S/C20H24N2O3/c1-15(23)22(2)18-8-4-17(5-9-18)14-20(24)21-13-12-16-6-10-19(25-3)11-7-16/h4-11H,12-14H2,1-3H3,(H,21,24). The Kier molecular flexibility index (Phi) is 6.57. The van der Waals surface area contributed by atoms with Gasteiger partial charge in [-0.1, -0.05) is 24.3 Å². The maximum absolute atomic E-state index is 12.0. The summed E-state index contributed by atoms with van der Waals surface area (Å²) in [5.74, 6) is 0.789. The van der Waals surface area contributed by atoms with Crippen molar-refractivity contribution in [1.82, 2.24) is 5.32 Å². The second-order valence-corrected chi connectivity index (χ2v) is 5.87. The molecule has 0 aromatic heterocycles. The minimum Gasteiger partial charge on any atom is -0.497 e. The van der Waals surface area contributed by atoms with Crippen molar-refractivity contribution in [2.24, 2.45) is 0 Å². The second kappa shape index (κ2) is 8.87. The number of rotatable bonds is 7. The van der Waals surface area contributed by atoms with E-state index in [2.05, 4.69) is 5.32 Å². The highest BCUT2D eigenvalue weighted by atomic mass is 16.5. The Balaban J connectivity index is 1.78. The van der Waals surface area contributed by atoms with Crippen LogP contribution in [0.2, 0.25) is 0 Å². The molecular formula is C20H24N2O3. The second-order valence-electron chi connectivity index (χ2n) is 5.87. The van der Waals surface area contributed by atoms with Crippen molar-refractivity contribution in [3.8, 4) is 5.75 Å². The Bertz CT molecular complexity index is 709. The molecule has 0 aliphatic heterocycles. The van der Waals surface area contributed by atoms with Gasteiger partial charge in [0.2, 0.25) is 11.8 Å². The minimum absolute atomic E-state index is 0.0128. The van der Waals surface area contributed by atoms with E-state index in [0.29, 0.717) is 13.0 Å². The average molecular weight is 340 g/mol. The van der Waals surface area contributed by atoms with E-state index in [0.717, 1.165) is 29.0 Å². The molecule has 0 atom stereocenters. The molecular weight excluding hydrogens is 316 g/mol. The molecule has 25 heavy (non-hydrogen) atoms. The Morgan fingerprint density at radius 3 is 2.16 bits per heavy atom. The van der Waals surface area contributed by atoms with Gasteiger partial charge in [-0.2, -0.15) is 0 Å². The molecule has 5 heteroatoms.